The maximum atomic E-state index is 13.9. The van der Waals surface area contributed by atoms with Crippen LogP contribution in [0.2, 0.25) is 0 Å². The van der Waals surface area contributed by atoms with E-state index in [1.54, 1.807) is 41.8 Å². The zero-order chi connectivity index (χ0) is 28.5. The molecule has 1 unspecified atom stereocenters. The van der Waals surface area contributed by atoms with E-state index in [0.29, 0.717) is 37.7 Å². The third-order valence-corrected chi connectivity index (χ3v) is 8.36. The summed E-state index contributed by atoms with van der Waals surface area (Å²) >= 11 is 2.65. The highest BCUT2D eigenvalue weighted by Gasteiger charge is 2.35. The first-order chi connectivity index (χ1) is 19.9. The normalized spacial score (nSPS) is 15.0. The largest absolute Gasteiger partial charge is 0.463 e. The molecule has 9 nitrogen and oxygen atoms in total. The van der Waals surface area contributed by atoms with E-state index in [1.165, 1.54) is 34.8 Å². The first kappa shape index (κ1) is 26.4. The molecule has 11 heteroatoms. The second-order valence-electron chi connectivity index (χ2n) is 8.95. The van der Waals surface area contributed by atoms with E-state index in [4.69, 9.17) is 14.1 Å². The fourth-order valence-electron chi connectivity index (χ4n) is 4.62. The minimum absolute atomic E-state index is 0.0148. The van der Waals surface area contributed by atoms with Crippen molar-refractivity contribution < 1.29 is 18.9 Å². The molecule has 0 radical (unpaired) electrons. The number of thiazole rings is 1. The van der Waals surface area contributed by atoms with Gasteiger partial charge in [0.1, 0.15) is 17.6 Å². The van der Waals surface area contributed by atoms with Gasteiger partial charge in [0.2, 0.25) is 0 Å². The quantitative estimate of drug-likeness (QED) is 0.148. The third-order valence-electron chi connectivity index (χ3n) is 6.45. The molecular weight excluding hydrogens is 562 g/mol. The van der Waals surface area contributed by atoms with E-state index >= 15 is 0 Å². The van der Waals surface area contributed by atoms with Crippen LogP contribution in [0.4, 0.5) is 5.69 Å². The van der Waals surface area contributed by atoms with Crippen LogP contribution in [0.1, 0.15) is 29.2 Å². The summed E-state index contributed by atoms with van der Waals surface area (Å²) in [7, 11) is 0. The standard InChI is InChI=1S/C30H21N3O6S2/c1-2-38-29(35)25-26(19-7-4-3-5-8-19)31-30-32(27(25)23-9-6-16-40-23)28(34)24(41-30)17-21-14-15-22(39-21)18-10-12-20(13-11-18)33(36)37/h3-17,27H,2H2,1H3. The van der Waals surface area contributed by atoms with Gasteiger partial charge in [0.25, 0.3) is 11.2 Å². The number of nitro benzene ring substituents is 1. The molecule has 0 saturated heterocycles. The van der Waals surface area contributed by atoms with Crippen molar-refractivity contribution in [3.05, 3.63) is 136 Å². The van der Waals surface area contributed by atoms with Crippen molar-refractivity contribution in [3.8, 4) is 11.3 Å². The molecule has 0 saturated carbocycles. The highest BCUT2D eigenvalue weighted by Crippen LogP contribution is 2.36. The smallest absolute Gasteiger partial charge is 0.338 e. The summed E-state index contributed by atoms with van der Waals surface area (Å²) in [4.78, 5) is 43.9. The van der Waals surface area contributed by atoms with Gasteiger partial charge in [-0.3, -0.25) is 19.5 Å². The number of rotatable bonds is 7. The topological polar surface area (TPSA) is 117 Å². The molecule has 6 rings (SSSR count). The molecule has 204 valence electrons. The molecule has 2 aromatic carbocycles. The van der Waals surface area contributed by atoms with Crippen LogP contribution >= 0.6 is 22.7 Å². The van der Waals surface area contributed by atoms with Crippen molar-refractivity contribution in [2.24, 2.45) is 4.99 Å². The second kappa shape index (κ2) is 11.0. The highest BCUT2D eigenvalue weighted by molar-refractivity contribution is 7.10. The van der Waals surface area contributed by atoms with Crippen LogP contribution in [0, 0.1) is 10.1 Å². The number of hydrogen-bond donors (Lipinski definition) is 0. The Labute approximate surface area is 240 Å². The lowest BCUT2D eigenvalue weighted by molar-refractivity contribution is -0.384. The fourth-order valence-corrected chi connectivity index (χ4v) is 6.42. The number of carbonyl (C=O) groups excluding carboxylic acids is 1. The van der Waals surface area contributed by atoms with Crippen LogP contribution in [-0.2, 0) is 9.53 Å². The lowest BCUT2D eigenvalue weighted by Crippen LogP contribution is -2.39. The molecule has 0 fully saturated rings. The van der Waals surface area contributed by atoms with Crippen molar-refractivity contribution in [2.45, 2.75) is 13.0 Å². The average molecular weight is 584 g/mol. The Hall–Kier alpha value is -4.87. The second-order valence-corrected chi connectivity index (χ2v) is 10.9. The Kier molecular flexibility index (Phi) is 7.04. The SMILES string of the molecule is CCOC(=O)C1=C(c2ccccc2)N=c2sc(=Cc3ccc(-c4ccc([N+](=O)[O-])cc4)o3)c(=O)n2C1c1cccs1. The Morgan fingerprint density at radius 2 is 1.85 bits per heavy atom. The predicted molar refractivity (Wildman–Crippen MR) is 156 cm³/mol. The maximum Gasteiger partial charge on any atom is 0.338 e. The number of furan rings is 1. The van der Waals surface area contributed by atoms with Crippen LogP contribution in [0.5, 0.6) is 0 Å². The molecule has 0 spiro atoms. The average Bonchev–Trinajstić information content (AvgIpc) is 3.75. The molecule has 5 aromatic rings. The first-order valence-electron chi connectivity index (χ1n) is 12.6. The summed E-state index contributed by atoms with van der Waals surface area (Å²) in [5.41, 5.74) is 1.86. The number of nitrogens with zero attached hydrogens (tertiary/aromatic N) is 3. The number of nitro groups is 1. The molecule has 0 amide bonds. The number of aromatic nitrogens is 1. The summed E-state index contributed by atoms with van der Waals surface area (Å²) in [6.45, 7) is 1.92. The van der Waals surface area contributed by atoms with Gasteiger partial charge in [-0.25, -0.2) is 9.79 Å². The number of fused-ring (bicyclic) bond motifs is 1. The molecule has 41 heavy (non-hydrogen) atoms. The van der Waals surface area contributed by atoms with Crippen LogP contribution in [0.3, 0.4) is 0 Å². The van der Waals surface area contributed by atoms with Crippen molar-refractivity contribution in [1.29, 1.82) is 0 Å². The van der Waals surface area contributed by atoms with Gasteiger partial charge in [0.15, 0.2) is 4.80 Å². The van der Waals surface area contributed by atoms with Gasteiger partial charge in [-0.15, -0.1) is 11.3 Å². The van der Waals surface area contributed by atoms with Gasteiger partial charge in [-0.1, -0.05) is 47.7 Å². The first-order valence-corrected chi connectivity index (χ1v) is 14.3. The summed E-state index contributed by atoms with van der Waals surface area (Å²) in [5.74, 6) is 0.414. The number of esters is 1. The van der Waals surface area contributed by atoms with Crippen LogP contribution < -0.4 is 14.9 Å². The Morgan fingerprint density at radius 3 is 2.54 bits per heavy atom. The van der Waals surface area contributed by atoms with Crippen LogP contribution in [0.25, 0.3) is 23.1 Å². The Balaban J connectivity index is 1.50. The van der Waals surface area contributed by atoms with E-state index in [0.717, 1.165) is 10.4 Å². The number of ether oxygens (including phenoxy) is 1. The Morgan fingerprint density at radius 1 is 1.07 bits per heavy atom. The Bertz CT molecular complexity index is 1970. The zero-order valence-electron chi connectivity index (χ0n) is 21.6. The molecule has 1 atom stereocenters. The lowest BCUT2D eigenvalue weighted by atomic mass is 9.97. The molecule has 0 bridgehead atoms. The highest BCUT2D eigenvalue weighted by atomic mass is 32.1. The van der Waals surface area contributed by atoms with Crippen molar-refractivity contribution in [3.63, 3.8) is 0 Å². The lowest BCUT2D eigenvalue weighted by Gasteiger charge is -2.24. The molecule has 0 N–H and O–H groups in total. The van der Waals surface area contributed by atoms with E-state index in [-0.39, 0.29) is 17.9 Å². The number of thiophene rings is 1. The number of non-ortho nitro benzene ring substituents is 1. The van der Waals surface area contributed by atoms with Crippen LogP contribution in [-0.4, -0.2) is 22.1 Å². The number of carbonyl (C=O) groups is 1. The van der Waals surface area contributed by atoms with Gasteiger partial charge in [-0.05, 0) is 42.6 Å². The predicted octanol–water partition coefficient (Wildman–Crippen LogP) is 5.17. The summed E-state index contributed by atoms with van der Waals surface area (Å²) in [5, 5.41) is 12.9. The van der Waals surface area contributed by atoms with Gasteiger partial charge < -0.3 is 9.15 Å². The minimum Gasteiger partial charge on any atom is -0.463 e. The van der Waals surface area contributed by atoms with E-state index in [9.17, 15) is 19.7 Å². The minimum atomic E-state index is -0.713. The van der Waals surface area contributed by atoms with Gasteiger partial charge in [0.05, 0.1) is 27.3 Å². The number of hydrogen-bond acceptors (Lipinski definition) is 9. The molecular formula is C30H21N3O6S2. The summed E-state index contributed by atoms with van der Waals surface area (Å²) < 4.78 is 13.3. The summed E-state index contributed by atoms with van der Waals surface area (Å²) in [6, 6.07) is 21.9. The molecule has 4 heterocycles. The fraction of sp³-hybridized carbons (Fsp3) is 0.100. The third kappa shape index (κ3) is 4.96. The van der Waals surface area contributed by atoms with E-state index in [2.05, 4.69) is 0 Å². The van der Waals surface area contributed by atoms with Gasteiger partial charge >= 0.3 is 5.97 Å². The van der Waals surface area contributed by atoms with E-state index in [1.807, 2.05) is 47.8 Å². The van der Waals surface area contributed by atoms with E-state index < -0.39 is 16.9 Å². The molecule has 1 aliphatic heterocycles. The van der Waals surface area contributed by atoms with Crippen molar-refractivity contribution >= 4 is 46.1 Å². The van der Waals surface area contributed by atoms with Gasteiger partial charge in [-0.2, -0.15) is 0 Å². The monoisotopic (exact) mass is 583 g/mol. The van der Waals surface area contributed by atoms with Crippen molar-refractivity contribution in [2.75, 3.05) is 6.61 Å². The summed E-state index contributed by atoms with van der Waals surface area (Å²) in [6.07, 6.45) is 1.64. The number of benzene rings is 2. The van der Waals surface area contributed by atoms with Crippen molar-refractivity contribution in [1.82, 2.24) is 4.57 Å². The van der Waals surface area contributed by atoms with Gasteiger partial charge in [0, 0.05) is 34.2 Å². The molecule has 1 aliphatic rings. The molecule has 3 aromatic heterocycles. The van der Waals surface area contributed by atoms with Crippen LogP contribution in [0.15, 0.2) is 104 Å². The zero-order valence-corrected chi connectivity index (χ0v) is 23.2. The maximum absolute atomic E-state index is 13.9. The molecule has 0 aliphatic carbocycles.